The van der Waals surface area contributed by atoms with Crippen LogP contribution in [0.1, 0.15) is 36.2 Å². The van der Waals surface area contributed by atoms with Crippen molar-refractivity contribution in [3.05, 3.63) is 29.3 Å². The Kier molecular flexibility index (Phi) is 3.07. The van der Waals surface area contributed by atoms with E-state index in [1.54, 1.807) is 19.1 Å². The third kappa shape index (κ3) is 2.08. The van der Waals surface area contributed by atoms with Gasteiger partial charge < -0.3 is 15.5 Å². The molecule has 0 aliphatic heterocycles. The SMILES string of the molecule is Cc1cc(C(=O)NC2CC(O)C2(C)C)ccc1O. The second-order valence-electron chi connectivity index (χ2n) is 5.60. The fraction of sp³-hybridized carbons (Fsp3) is 0.500. The molecule has 1 fully saturated rings. The van der Waals surface area contributed by atoms with Crippen LogP contribution < -0.4 is 5.32 Å². The molecular formula is C14H19NO3. The molecule has 1 aliphatic carbocycles. The summed E-state index contributed by atoms with van der Waals surface area (Å²) in [6.07, 6.45) is 0.236. The molecule has 0 bridgehead atoms. The Labute approximate surface area is 107 Å². The van der Waals surface area contributed by atoms with E-state index in [1.165, 1.54) is 6.07 Å². The van der Waals surface area contributed by atoms with Crippen molar-refractivity contribution in [2.75, 3.05) is 0 Å². The van der Waals surface area contributed by atoms with Crippen LogP contribution in [-0.2, 0) is 0 Å². The van der Waals surface area contributed by atoms with Gasteiger partial charge in [0.15, 0.2) is 0 Å². The summed E-state index contributed by atoms with van der Waals surface area (Å²) in [7, 11) is 0. The van der Waals surface area contributed by atoms with Crippen LogP contribution in [0.15, 0.2) is 18.2 Å². The molecule has 4 heteroatoms. The minimum atomic E-state index is -0.357. The van der Waals surface area contributed by atoms with Gasteiger partial charge >= 0.3 is 0 Å². The molecule has 2 atom stereocenters. The van der Waals surface area contributed by atoms with Crippen molar-refractivity contribution in [3.8, 4) is 5.75 Å². The quantitative estimate of drug-likeness (QED) is 0.745. The average molecular weight is 249 g/mol. The molecule has 2 rings (SSSR count). The van der Waals surface area contributed by atoms with E-state index in [2.05, 4.69) is 5.32 Å². The smallest absolute Gasteiger partial charge is 0.251 e. The van der Waals surface area contributed by atoms with E-state index in [-0.39, 0.29) is 29.2 Å². The van der Waals surface area contributed by atoms with E-state index >= 15 is 0 Å². The van der Waals surface area contributed by atoms with Crippen LogP contribution in [0.4, 0.5) is 0 Å². The fourth-order valence-electron chi connectivity index (χ4n) is 2.19. The van der Waals surface area contributed by atoms with Crippen molar-refractivity contribution in [2.24, 2.45) is 5.41 Å². The normalized spacial score (nSPS) is 25.3. The van der Waals surface area contributed by atoms with Gasteiger partial charge in [-0.05, 0) is 37.1 Å². The number of hydrogen-bond donors (Lipinski definition) is 3. The Balaban J connectivity index is 2.07. The van der Waals surface area contributed by atoms with Crippen LogP contribution in [0.2, 0.25) is 0 Å². The number of aliphatic hydroxyl groups is 1. The molecule has 0 spiro atoms. The standard InChI is InChI=1S/C14H19NO3/c1-8-6-9(4-5-10(8)16)13(18)15-11-7-12(17)14(11,2)3/h4-6,11-12,16-17H,7H2,1-3H3,(H,15,18). The summed E-state index contributed by atoms with van der Waals surface area (Å²) >= 11 is 0. The molecule has 0 aromatic heterocycles. The van der Waals surface area contributed by atoms with Crippen molar-refractivity contribution in [3.63, 3.8) is 0 Å². The maximum Gasteiger partial charge on any atom is 0.251 e. The highest BCUT2D eigenvalue weighted by Gasteiger charge is 2.47. The minimum Gasteiger partial charge on any atom is -0.508 e. The molecule has 1 amide bonds. The van der Waals surface area contributed by atoms with Crippen LogP contribution in [-0.4, -0.2) is 28.3 Å². The van der Waals surface area contributed by atoms with E-state index in [0.29, 0.717) is 17.5 Å². The Morgan fingerprint density at radius 1 is 1.44 bits per heavy atom. The van der Waals surface area contributed by atoms with Crippen molar-refractivity contribution in [1.82, 2.24) is 5.32 Å². The first kappa shape index (κ1) is 12.9. The van der Waals surface area contributed by atoms with Gasteiger partial charge in [0.05, 0.1) is 6.10 Å². The lowest BCUT2D eigenvalue weighted by Gasteiger charge is -2.49. The number of phenols is 1. The Morgan fingerprint density at radius 3 is 2.61 bits per heavy atom. The molecule has 0 heterocycles. The second-order valence-corrected chi connectivity index (χ2v) is 5.60. The predicted molar refractivity (Wildman–Crippen MR) is 68.5 cm³/mol. The Bertz CT molecular complexity index is 482. The number of carbonyl (C=O) groups excluding carboxylic acids is 1. The number of aryl methyl sites for hydroxylation is 1. The summed E-state index contributed by atoms with van der Waals surface area (Å²) in [6, 6.07) is 4.77. The van der Waals surface area contributed by atoms with E-state index in [9.17, 15) is 15.0 Å². The van der Waals surface area contributed by atoms with Gasteiger partial charge in [-0.25, -0.2) is 0 Å². The summed E-state index contributed by atoms with van der Waals surface area (Å²) in [5.74, 6) is 0.0222. The second kappa shape index (κ2) is 4.28. The maximum atomic E-state index is 12.0. The summed E-state index contributed by atoms with van der Waals surface area (Å²) in [5.41, 5.74) is 0.930. The number of benzene rings is 1. The molecule has 4 nitrogen and oxygen atoms in total. The van der Waals surface area contributed by atoms with Crippen LogP contribution >= 0.6 is 0 Å². The number of phenolic OH excluding ortho intramolecular Hbond substituents is 1. The molecule has 0 saturated heterocycles. The molecule has 0 radical (unpaired) electrons. The summed E-state index contributed by atoms with van der Waals surface area (Å²) in [5, 5.41) is 22.0. The topological polar surface area (TPSA) is 69.6 Å². The molecule has 18 heavy (non-hydrogen) atoms. The van der Waals surface area contributed by atoms with Crippen LogP contribution in [0.5, 0.6) is 5.75 Å². The van der Waals surface area contributed by atoms with Crippen LogP contribution in [0, 0.1) is 12.3 Å². The third-order valence-corrected chi connectivity index (χ3v) is 3.98. The van der Waals surface area contributed by atoms with Gasteiger partial charge in [0.1, 0.15) is 5.75 Å². The number of nitrogens with one attached hydrogen (secondary N) is 1. The Hall–Kier alpha value is -1.55. The number of rotatable bonds is 2. The van der Waals surface area contributed by atoms with E-state index in [4.69, 9.17) is 0 Å². The molecule has 1 aromatic rings. The Morgan fingerprint density at radius 2 is 2.11 bits per heavy atom. The van der Waals surface area contributed by atoms with Gasteiger partial charge in [-0.1, -0.05) is 13.8 Å². The highest BCUT2D eigenvalue weighted by atomic mass is 16.3. The highest BCUT2D eigenvalue weighted by Crippen LogP contribution is 2.40. The lowest BCUT2D eigenvalue weighted by atomic mass is 9.64. The summed E-state index contributed by atoms with van der Waals surface area (Å²) < 4.78 is 0. The van der Waals surface area contributed by atoms with Gasteiger partial charge in [-0.2, -0.15) is 0 Å². The fourth-order valence-corrected chi connectivity index (χ4v) is 2.19. The third-order valence-electron chi connectivity index (χ3n) is 3.98. The van der Waals surface area contributed by atoms with Gasteiger partial charge in [0.25, 0.3) is 5.91 Å². The van der Waals surface area contributed by atoms with Crippen molar-refractivity contribution in [1.29, 1.82) is 0 Å². The predicted octanol–water partition coefficient (Wildman–Crippen LogP) is 1.59. The van der Waals surface area contributed by atoms with Crippen molar-refractivity contribution < 1.29 is 15.0 Å². The maximum absolute atomic E-state index is 12.0. The molecular weight excluding hydrogens is 230 g/mol. The first-order valence-electron chi connectivity index (χ1n) is 6.11. The van der Waals surface area contributed by atoms with Gasteiger partial charge in [-0.15, -0.1) is 0 Å². The summed E-state index contributed by atoms with van der Waals surface area (Å²) in [6.45, 7) is 5.63. The molecule has 2 unspecified atom stereocenters. The number of amides is 1. The largest absolute Gasteiger partial charge is 0.508 e. The van der Waals surface area contributed by atoms with Crippen molar-refractivity contribution in [2.45, 2.75) is 39.3 Å². The molecule has 3 N–H and O–H groups in total. The van der Waals surface area contributed by atoms with Crippen molar-refractivity contribution >= 4 is 5.91 Å². The zero-order chi connectivity index (χ0) is 13.5. The van der Waals surface area contributed by atoms with Gasteiger partial charge in [-0.3, -0.25) is 4.79 Å². The minimum absolute atomic E-state index is 0.00545. The van der Waals surface area contributed by atoms with Gasteiger partial charge in [0, 0.05) is 17.0 Å². The lowest BCUT2D eigenvalue weighted by Crippen LogP contribution is -2.61. The molecule has 1 aromatic carbocycles. The number of hydrogen-bond acceptors (Lipinski definition) is 3. The summed E-state index contributed by atoms with van der Waals surface area (Å²) in [4.78, 5) is 12.0. The lowest BCUT2D eigenvalue weighted by molar-refractivity contribution is -0.0689. The first-order chi connectivity index (χ1) is 8.32. The number of aromatic hydroxyl groups is 1. The van der Waals surface area contributed by atoms with Crippen LogP contribution in [0.25, 0.3) is 0 Å². The first-order valence-corrected chi connectivity index (χ1v) is 6.11. The van der Waals surface area contributed by atoms with E-state index < -0.39 is 0 Å². The number of aliphatic hydroxyl groups excluding tert-OH is 1. The van der Waals surface area contributed by atoms with Crippen LogP contribution in [0.3, 0.4) is 0 Å². The zero-order valence-corrected chi connectivity index (χ0v) is 10.9. The molecule has 98 valence electrons. The van der Waals surface area contributed by atoms with Gasteiger partial charge in [0.2, 0.25) is 0 Å². The average Bonchev–Trinajstić information content (AvgIpc) is 2.32. The molecule has 1 aliphatic rings. The van der Waals surface area contributed by atoms with E-state index in [0.717, 1.165) is 0 Å². The monoisotopic (exact) mass is 249 g/mol. The zero-order valence-electron chi connectivity index (χ0n) is 10.9. The highest BCUT2D eigenvalue weighted by molar-refractivity contribution is 5.94. The number of carbonyl (C=O) groups is 1. The van der Waals surface area contributed by atoms with E-state index in [1.807, 2.05) is 13.8 Å². The molecule has 1 saturated carbocycles.